The van der Waals surface area contributed by atoms with E-state index in [0.717, 1.165) is 0 Å². The van der Waals surface area contributed by atoms with E-state index in [0.29, 0.717) is 0 Å². The summed E-state index contributed by atoms with van der Waals surface area (Å²) in [5.74, 6) is -6.29. The quantitative estimate of drug-likeness (QED) is 0.321. The number of rotatable bonds is 1. The highest BCUT2D eigenvalue weighted by Gasteiger charge is 2.24. The zero-order valence-electron chi connectivity index (χ0n) is 4.91. The van der Waals surface area contributed by atoms with Crippen molar-refractivity contribution in [2.75, 3.05) is 0 Å². The Labute approximate surface area is 58.6 Å². The Morgan fingerprint density at radius 3 is 2.00 bits per heavy atom. The Balaban J connectivity index is 3.96. The molecule has 62 valence electrons. The molecule has 0 amide bonds. The first kappa shape index (κ1) is 9.47. The lowest BCUT2D eigenvalue weighted by Crippen LogP contribution is -2.24. The summed E-state index contributed by atoms with van der Waals surface area (Å²) >= 11 is 0. The molecule has 0 aromatic rings. The molecule has 0 rings (SSSR count). The summed E-state index contributed by atoms with van der Waals surface area (Å²) in [6, 6.07) is 0. The number of alkyl halides is 2. The van der Waals surface area contributed by atoms with Gasteiger partial charge in [0.15, 0.2) is 0 Å². The maximum absolute atomic E-state index is 11.2. The molecule has 0 aliphatic carbocycles. The first-order valence-electron chi connectivity index (χ1n) is 2.22. The Morgan fingerprint density at radius 2 is 1.73 bits per heavy atom. The second-order valence-electron chi connectivity index (χ2n) is 1.31. The van der Waals surface area contributed by atoms with Crippen molar-refractivity contribution in [1.82, 2.24) is 0 Å². The Hall–Kier alpha value is -1.53. The van der Waals surface area contributed by atoms with Crippen molar-refractivity contribution in [3.63, 3.8) is 0 Å². The van der Waals surface area contributed by atoms with Gasteiger partial charge in [-0.15, -0.1) is 0 Å². The molecule has 0 saturated carbocycles. The molecule has 0 saturated heterocycles. The first-order chi connectivity index (χ1) is 4.95. The largest absolute Gasteiger partial charge is 0.473 e. The van der Waals surface area contributed by atoms with Gasteiger partial charge in [-0.25, -0.2) is 14.4 Å². The van der Waals surface area contributed by atoms with Crippen LogP contribution in [0.3, 0.4) is 0 Å². The van der Waals surface area contributed by atoms with E-state index in [2.05, 4.69) is 4.74 Å². The molecule has 0 aliphatic rings. The molecule has 0 unspecified atom stereocenters. The maximum atomic E-state index is 11.2. The minimum absolute atomic E-state index is 2.02. The number of hydrogen-bond donors (Lipinski definition) is 1. The Kier molecular flexibility index (Phi) is 3.09. The molecule has 5 nitrogen and oxygen atoms in total. The van der Waals surface area contributed by atoms with E-state index < -0.39 is 24.3 Å². The van der Waals surface area contributed by atoms with Gasteiger partial charge in [0.1, 0.15) is 0 Å². The van der Waals surface area contributed by atoms with Crippen molar-refractivity contribution in [3.8, 4) is 0 Å². The van der Waals surface area contributed by atoms with Crippen LogP contribution in [0, 0.1) is 0 Å². The van der Waals surface area contributed by atoms with Crippen LogP contribution in [0.5, 0.6) is 0 Å². The van der Waals surface area contributed by atoms with Crippen molar-refractivity contribution in [3.05, 3.63) is 0 Å². The lowest BCUT2D eigenvalue weighted by atomic mass is 10.6. The molecule has 7 heteroatoms. The van der Waals surface area contributed by atoms with Gasteiger partial charge in [0, 0.05) is 0 Å². The van der Waals surface area contributed by atoms with Gasteiger partial charge in [0.2, 0.25) is 0 Å². The van der Waals surface area contributed by atoms with Gasteiger partial charge in [-0.1, -0.05) is 0 Å². The zero-order valence-corrected chi connectivity index (χ0v) is 4.91. The summed E-state index contributed by atoms with van der Waals surface area (Å²) in [4.78, 5) is 29.3. The van der Waals surface area contributed by atoms with Crippen LogP contribution in [0.25, 0.3) is 0 Å². The minimum atomic E-state index is -3.50. The lowest BCUT2D eigenvalue weighted by molar-refractivity contribution is -0.175. The van der Waals surface area contributed by atoms with Gasteiger partial charge in [-0.3, -0.25) is 0 Å². The number of aliphatic carboxylic acids is 1. The molecular formula is C4H2F2O5. The number of carboxylic acids is 1. The standard InChI is InChI=1S/C4H2F2O5/c5-1(6)3(9)11-4(10)2(7)8/h1H,(H,7,8). The Morgan fingerprint density at radius 1 is 1.27 bits per heavy atom. The SMILES string of the molecule is O=C(O)C(=O)OC(=O)C(F)F. The fraction of sp³-hybridized carbons (Fsp3) is 0.250. The lowest BCUT2D eigenvalue weighted by Gasteiger charge is -1.95. The third kappa shape index (κ3) is 3.23. The van der Waals surface area contributed by atoms with Gasteiger partial charge in [0.25, 0.3) is 0 Å². The number of ether oxygens (including phenoxy) is 1. The van der Waals surface area contributed by atoms with Crippen LogP contribution < -0.4 is 0 Å². The summed E-state index contributed by atoms with van der Waals surface area (Å²) in [6.45, 7) is 0. The summed E-state index contributed by atoms with van der Waals surface area (Å²) in [6.07, 6.45) is -3.50. The predicted molar refractivity (Wildman–Crippen MR) is 24.7 cm³/mol. The minimum Gasteiger partial charge on any atom is -0.473 e. The van der Waals surface area contributed by atoms with E-state index in [1.807, 2.05) is 0 Å². The molecule has 0 heterocycles. The number of halogens is 2. The van der Waals surface area contributed by atoms with Crippen molar-refractivity contribution in [2.24, 2.45) is 0 Å². The van der Waals surface area contributed by atoms with Crippen LogP contribution in [0.2, 0.25) is 0 Å². The fourth-order valence-corrected chi connectivity index (χ4v) is 0.180. The zero-order chi connectivity index (χ0) is 9.02. The monoisotopic (exact) mass is 168 g/mol. The molecule has 1 N–H and O–H groups in total. The highest BCUT2D eigenvalue weighted by Crippen LogP contribution is 1.95. The second kappa shape index (κ2) is 3.59. The average molecular weight is 168 g/mol. The van der Waals surface area contributed by atoms with Gasteiger partial charge in [0.05, 0.1) is 0 Å². The molecule has 0 spiro atoms. The topological polar surface area (TPSA) is 80.7 Å². The van der Waals surface area contributed by atoms with Crippen molar-refractivity contribution < 1.29 is 33.0 Å². The summed E-state index contributed by atoms with van der Waals surface area (Å²) < 4.78 is 25.6. The van der Waals surface area contributed by atoms with E-state index in [1.54, 1.807) is 0 Å². The van der Waals surface area contributed by atoms with Gasteiger partial charge in [-0.2, -0.15) is 8.78 Å². The average Bonchev–Trinajstić information content (AvgIpc) is 1.87. The van der Waals surface area contributed by atoms with Crippen LogP contribution in [0.1, 0.15) is 0 Å². The number of hydrogen-bond acceptors (Lipinski definition) is 4. The maximum Gasteiger partial charge on any atom is 0.425 e. The number of esters is 2. The normalized spacial score (nSPS) is 9.36. The van der Waals surface area contributed by atoms with E-state index >= 15 is 0 Å². The first-order valence-corrected chi connectivity index (χ1v) is 2.22. The van der Waals surface area contributed by atoms with Gasteiger partial charge in [-0.05, 0) is 0 Å². The van der Waals surface area contributed by atoms with E-state index in [4.69, 9.17) is 5.11 Å². The molecule has 0 aliphatic heterocycles. The highest BCUT2D eigenvalue weighted by atomic mass is 19.3. The summed E-state index contributed by atoms with van der Waals surface area (Å²) in [5, 5.41) is 7.74. The van der Waals surface area contributed by atoms with Crippen molar-refractivity contribution in [2.45, 2.75) is 6.43 Å². The molecule has 11 heavy (non-hydrogen) atoms. The third-order valence-corrected chi connectivity index (χ3v) is 0.546. The van der Waals surface area contributed by atoms with E-state index in [1.165, 1.54) is 0 Å². The van der Waals surface area contributed by atoms with Crippen LogP contribution in [-0.2, 0) is 19.1 Å². The highest BCUT2D eigenvalue weighted by molar-refractivity contribution is 6.30. The molecular weight excluding hydrogens is 166 g/mol. The fourth-order valence-electron chi connectivity index (χ4n) is 0.180. The molecule has 0 radical (unpaired) electrons. The molecule has 0 bridgehead atoms. The van der Waals surface area contributed by atoms with Crippen LogP contribution in [0.15, 0.2) is 0 Å². The number of carbonyl (C=O) groups is 3. The third-order valence-electron chi connectivity index (χ3n) is 0.546. The molecule has 0 aromatic carbocycles. The molecule has 0 aromatic heterocycles. The molecule has 0 fully saturated rings. The summed E-state index contributed by atoms with van der Waals surface area (Å²) in [5.41, 5.74) is 0. The number of carbonyl (C=O) groups excluding carboxylic acids is 2. The Bertz CT molecular complexity index is 199. The second-order valence-corrected chi connectivity index (χ2v) is 1.31. The van der Waals surface area contributed by atoms with Crippen LogP contribution >= 0.6 is 0 Å². The smallest absolute Gasteiger partial charge is 0.425 e. The van der Waals surface area contributed by atoms with Gasteiger partial charge >= 0.3 is 24.3 Å². The van der Waals surface area contributed by atoms with Gasteiger partial charge < -0.3 is 9.84 Å². The predicted octanol–water partition coefficient (Wildman–Crippen LogP) is -0.594. The van der Waals surface area contributed by atoms with Crippen molar-refractivity contribution in [1.29, 1.82) is 0 Å². The van der Waals surface area contributed by atoms with Crippen LogP contribution in [0.4, 0.5) is 8.78 Å². The van der Waals surface area contributed by atoms with E-state index in [-0.39, 0.29) is 0 Å². The van der Waals surface area contributed by atoms with Crippen molar-refractivity contribution >= 4 is 17.9 Å². The summed E-state index contributed by atoms with van der Waals surface area (Å²) in [7, 11) is 0. The molecule has 0 atom stereocenters. The van der Waals surface area contributed by atoms with E-state index in [9.17, 15) is 23.2 Å². The number of carboxylic acid groups (broad SMARTS) is 1. The van der Waals surface area contributed by atoms with Crippen LogP contribution in [-0.4, -0.2) is 29.4 Å².